The van der Waals surface area contributed by atoms with Crippen molar-refractivity contribution in [3.63, 3.8) is 0 Å². The molecular weight excluding hydrogens is 220 g/mol. The van der Waals surface area contributed by atoms with Crippen LogP contribution in [0.3, 0.4) is 0 Å². The molecule has 0 amide bonds. The van der Waals surface area contributed by atoms with Gasteiger partial charge < -0.3 is 19.7 Å². The largest absolute Gasteiger partial charge is 0.406 e. The van der Waals surface area contributed by atoms with Gasteiger partial charge in [0, 0.05) is 6.54 Å². The van der Waals surface area contributed by atoms with Crippen LogP contribution >= 0.6 is 0 Å². The number of aromatic nitrogens is 2. The van der Waals surface area contributed by atoms with E-state index in [2.05, 4.69) is 15.5 Å². The molecule has 17 heavy (non-hydrogen) atoms. The first kappa shape index (κ1) is 12.3. The zero-order valence-electron chi connectivity index (χ0n) is 10.4. The minimum atomic E-state index is 0.0661. The van der Waals surface area contributed by atoms with Gasteiger partial charge in [0.25, 0.3) is 0 Å². The average molecular weight is 240 g/mol. The van der Waals surface area contributed by atoms with Crippen molar-refractivity contribution < 1.29 is 9.52 Å². The molecule has 2 N–H and O–H groups in total. The molecule has 1 aliphatic heterocycles. The molecule has 1 aliphatic rings. The third kappa shape index (κ3) is 2.58. The Balaban J connectivity index is 2.07. The van der Waals surface area contributed by atoms with Crippen molar-refractivity contribution in [3.05, 3.63) is 5.89 Å². The van der Waals surface area contributed by atoms with Crippen molar-refractivity contribution in [2.24, 2.45) is 0 Å². The number of nitrogens with zero attached hydrogens (tertiary/aromatic N) is 3. The van der Waals surface area contributed by atoms with Gasteiger partial charge in [0.05, 0.1) is 18.7 Å². The van der Waals surface area contributed by atoms with Gasteiger partial charge in [0.1, 0.15) is 0 Å². The SMILES string of the molecule is CCNC(C)c1nnc(N2CCCC2CO)o1. The van der Waals surface area contributed by atoms with Gasteiger partial charge in [-0.1, -0.05) is 12.0 Å². The van der Waals surface area contributed by atoms with E-state index in [1.54, 1.807) is 0 Å². The highest BCUT2D eigenvalue weighted by atomic mass is 16.4. The number of aliphatic hydroxyl groups excluding tert-OH is 1. The van der Waals surface area contributed by atoms with Crippen molar-refractivity contribution in [3.8, 4) is 0 Å². The minimum absolute atomic E-state index is 0.0661. The van der Waals surface area contributed by atoms with Crippen LogP contribution in [0.25, 0.3) is 0 Å². The highest BCUT2D eigenvalue weighted by Crippen LogP contribution is 2.25. The molecule has 0 bridgehead atoms. The van der Waals surface area contributed by atoms with Gasteiger partial charge in [-0.3, -0.25) is 0 Å². The maximum atomic E-state index is 9.25. The van der Waals surface area contributed by atoms with Crippen LogP contribution in [0.2, 0.25) is 0 Å². The highest BCUT2D eigenvalue weighted by molar-refractivity contribution is 5.28. The summed E-state index contributed by atoms with van der Waals surface area (Å²) >= 11 is 0. The summed E-state index contributed by atoms with van der Waals surface area (Å²) in [5, 5.41) is 20.6. The number of anilines is 1. The number of rotatable bonds is 5. The van der Waals surface area contributed by atoms with E-state index >= 15 is 0 Å². The summed E-state index contributed by atoms with van der Waals surface area (Å²) in [5.74, 6) is 0.602. The lowest BCUT2D eigenvalue weighted by Gasteiger charge is -2.19. The van der Waals surface area contributed by atoms with Crippen LogP contribution in [0.4, 0.5) is 6.01 Å². The molecule has 96 valence electrons. The van der Waals surface area contributed by atoms with Crippen LogP contribution in [0.15, 0.2) is 4.42 Å². The quantitative estimate of drug-likeness (QED) is 0.789. The van der Waals surface area contributed by atoms with E-state index in [4.69, 9.17) is 4.42 Å². The van der Waals surface area contributed by atoms with E-state index in [0.717, 1.165) is 25.9 Å². The number of nitrogens with one attached hydrogen (secondary N) is 1. The molecule has 2 heterocycles. The molecule has 2 atom stereocenters. The molecule has 6 heteroatoms. The van der Waals surface area contributed by atoms with Crippen LogP contribution in [0, 0.1) is 0 Å². The molecule has 0 spiro atoms. The molecule has 0 saturated carbocycles. The summed E-state index contributed by atoms with van der Waals surface area (Å²) in [4.78, 5) is 2.00. The third-order valence-corrected chi connectivity index (χ3v) is 3.14. The Labute approximate surface area is 101 Å². The summed E-state index contributed by atoms with van der Waals surface area (Å²) in [6.07, 6.45) is 2.04. The van der Waals surface area contributed by atoms with Crippen LogP contribution in [-0.4, -0.2) is 41.0 Å². The van der Waals surface area contributed by atoms with E-state index < -0.39 is 0 Å². The van der Waals surface area contributed by atoms with Gasteiger partial charge in [-0.2, -0.15) is 0 Å². The molecule has 0 radical (unpaired) electrons. The van der Waals surface area contributed by atoms with E-state index in [9.17, 15) is 5.11 Å². The molecule has 1 fully saturated rings. The Morgan fingerprint density at radius 1 is 1.59 bits per heavy atom. The topological polar surface area (TPSA) is 74.4 Å². The molecule has 1 saturated heterocycles. The van der Waals surface area contributed by atoms with Gasteiger partial charge in [0.15, 0.2) is 0 Å². The Hall–Kier alpha value is -1.14. The van der Waals surface area contributed by atoms with E-state index in [0.29, 0.717) is 11.9 Å². The van der Waals surface area contributed by atoms with Gasteiger partial charge in [-0.05, 0) is 26.3 Å². The second kappa shape index (κ2) is 5.46. The number of hydrogen-bond acceptors (Lipinski definition) is 6. The third-order valence-electron chi connectivity index (χ3n) is 3.14. The van der Waals surface area contributed by atoms with Crippen molar-refractivity contribution in [1.82, 2.24) is 15.5 Å². The molecule has 6 nitrogen and oxygen atoms in total. The van der Waals surface area contributed by atoms with Gasteiger partial charge >= 0.3 is 6.01 Å². The van der Waals surface area contributed by atoms with Gasteiger partial charge in [0.2, 0.25) is 5.89 Å². The summed E-state index contributed by atoms with van der Waals surface area (Å²) < 4.78 is 5.64. The second-order valence-electron chi connectivity index (χ2n) is 4.37. The summed E-state index contributed by atoms with van der Waals surface area (Å²) in [7, 11) is 0. The zero-order chi connectivity index (χ0) is 12.3. The predicted molar refractivity (Wildman–Crippen MR) is 63.8 cm³/mol. The number of aliphatic hydroxyl groups is 1. The van der Waals surface area contributed by atoms with E-state index in [-0.39, 0.29) is 18.7 Å². The first-order chi connectivity index (χ1) is 8.26. The Kier molecular flexibility index (Phi) is 3.96. The van der Waals surface area contributed by atoms with Crippen LogP contribution in [0.1, 0.15) is 38.6 Å². The first-order valence-electron chi connectivity index (χ1n) is 6.20. The molecule has 0 aliphatic carbocycles. The van der Waals surface area contributed by atoms with E-state index in [1.807, 2.05) is 18.7 Å². The van der Waals surface area contributed by atoms with Gasteiger partial charge in [-0.15, -0.1) is 5.10 Å². The molecule has 1 aromatic rings. The fraction of sp³-hybridized carbons (Fsp3) is 0.818. The average Bonchev–Trinajstić information content (AvgIpc) is 2.97. The highest BCUT2D eigenvalue weighted by Gasteiger charge is 2.28. The lowest BCUT2D eigenvalue weighted by atomic mass is 10.2. The summed E-state index contributed by atoms with van der Waals surface area (Å²) in [5.41, 5.74) is 0. The van der Waals surface area contributed by atoms with Crippen LogP contribution in [-0.2, 0) is 0 Å². The molecule has 1 aromatic heterocycles. The predicted octanol–water partition coefficient (Wildman–Crippen LogP) is 0.701. The maximum absolute atomic E-state index is 9.25. The standard InChI is InChI=1S/C11H20N4O2/c1-3-12-8(2)10-13-14-11(17-10)15-6-4-5-9(15)7-16/h8-9,12,16H,3-7H2,1-2H3. The van der Waals surface area contributed by atoms with Crippen molar-refractivity contribution in [1.29, 1.82) is 0 Å². The van der Waals surface area contributed by atoms with Gasteiger partial charge in [-0.25, -0.2) is 0 Å². The zero-order valence-corrected chi connectivity index (χ0v) is 10.4. The fourth-order valence-corrected chi connectivity index (χ4v) is 2.19. The van der Waals surface area contributed by atoms with Crippen LogP contribution < -0.4 is 10.2 Å². The Bertz CT molecular complexity index is 355. The van der Waals surface area contributed by atoms with E-state index in [1.165, 1.54) is 0 Å². The Morgan fingerprint density at radius 2 is 2.41 bits per heavy atom. The lowest BCUT2D eigenvalue weighted by molar-refractivity contribution is 0.262. The lowest BCUT2D eigenvalue weighted by Crippen LogP contribution is -2.32. The summed E-state index contributed by atoms with van der Waals surface area (Å²) in [6.45, 7) is 5.91. The fourth-order valence-electron chi connectivity index (χ4n) is 2.19. The second-order valence-corrected chi connectivity index (χ2v) is 4.37. The molecular formula is C11H20N4O2. The normalized spacial score (nSPS) is 22.1. The smallest absolute Gasteiger partial charge is 0.318 e. The van der Waals surface area contributed by atoms with Crippen molar-refractivity contribution in [2.45, 2.75) is 38.8 Å². The molecule has 2 unspecified atom stereocenters. The summed E-state index contributed by atoms with van der Waals surface area (Å²) in [6, 6.07) is 0.718. The van der Waals surface area contributed by atoms with Crippen molar-refractivity contribution >= 4 is 6.01 Å². The van der Waals surface area contributed by atoms with Crippen LogP contribution in [0.5, 0.6) is 0 Å². The molecule has 0 aromatic carbocycles. The monoisotopic (exact) mass is 240 g/mol. The maximum Gasteiger partial charge on any atom is 0.318 e. The molecule has 2 rings (SSSR count). The first-order valence-corrected chi connectivity index (χ1v) is 6.20. The Morgan fingerprint density at radius 3 is 3.12 bits per heavy atom. The number of hydrogen-bond donors (Lipinski definition) is 2. The minimum Gasteiger partial charge on any atom is -0.406 e. The van der Waals surface area contributed by atoms with Crippen molar-refractivity contribution in [2.75, 3.05) is 24.6 Å².